The molecular formula is C12H19N3O. The van der Waals surface area contributed by atoms with E-state index in [2.05, 4.69) is 28.7 Å². The summed E-state index contributed by atoms with van der Waals surface area (Å²) in [7, 11) is 0. The van der Waals surface area contributed by atoms with Gasteiger partial charge in [-0.3, -0.25) is 4.79 Å². The van der Waals surface area contributed by atoms with Gasteiger partial charge in [-0.05, 0) is 18.9 Å². The number of aromatic amines is 1. The van der Waals surface area contributed by atoms with E-state index in [0.717, 1.165) is 25.9 Å². The highest BCUT2D eigenvalue weighted by molar-refractivity contribution is 5.59. The zero-order valence-electron chi connectivity index (χ0n) is 9.94. The predicted molar refractivity (Wildman–Crippen MR) is 67.4 cm³/mol. The van der Waals surface area contributed by atoms with Crippen molar-refractivity contribution < 1.29 is 0 Å². The molecule has 88 valence electrons. The van der Waals surface area contributed by atoms with Crippen LogP contribution in [0, 0.1) is 0 Å². The van der Waals surface area contributed by atoms with Gasteiger partial charge in [-0.25, -0.2) is 4.99 Å². The van der Waals surface area contributed by atoms with Crippen LogP contribution in [-0.2, 0) is 0 Å². The van der Waals surface area contributed by atoms with Crippen LogP contribution in [0.2, 0.25) is 0 Å². The maximum Gasteiger partial charge on any atom is 0.249 e. The Balaban J connectivity index is 2.65. The fraction of sp³-hybridized carbons (Fsp3) is 0.500. The highest BCUT2D eigenvalue weighted by atomic mass is 16.1. The lowest BCUT2D eigenvalue weighted by molar-refractivity contribution is 0.428. The van der Waals surface area contributed by atoms with Crippen LogP contribution >= 0.6 is 0 Å². The molecule has 1 aromatic heterocycles. The normalized spacial score (nSPS) is 10.9. The van der Waals surface area contributed by atoms with E-state index in [-0.39, 0.29) is 5.56 Å². The van der Waals surface area contributed by atoms with Crippen molar-refractivity contribution >= 4 is 12.2 Å². The van der Waals surface area contributed by atoms with Gasteiger partial charge >= 0.3 is 0 Å². The van der Waals surface area contributed by atoms with Crippen LogP contribution in [0.3, 0.4) is 0 Å². The van der Waals surface area contributed by atoms with Crippen molar-refractivity contribution in [3.8, 4) is 0 Å². The van der Waals surface area contributed by atoms with E-state index < -0.39 is 0 Å². The molecule has 0 saturated heterocycles. The van der Waals surface area contributed by atoms with Crippen molar-refractivity contribution in [2.45, 2.75) is 26.7 Å². The molecule has 0 radical (unpaired) electrons. The first-order valence-electron chi connectivity index (χ1n) is 5.73. The molecule has 0 aliphatic carbocycles. The molecule has 0 aliphatic heterocycles. The third-order valence-electron chi connectivity index (χ3n) is 2.13. The van der Waals surface area contributed by atoms with Gasteiger partial charge in [0.25, 0.3) is 0 Å². The molecule has 1 rings (SSSR count). The number of nitrogens with zero attached hydrogens (tertiary/aromatic N) is 2. The molecule has 4 nitrogen and oxygen atoms in total. The lowest BCUT2D eigenvalue weighted by Gasteiger charge is -2.17. The van der Waals surface area contributed by atoms with Crippen molar-refractivity contribution in [1.82, 2.24) is 9.88 Å². The van der Waals surface area contributed by atoms with Gasteiger partial charge in [-0.1, -0.05) is 19.9 Å². The molecule has 1 aromatic rings. The molecule has 0 fully saturated rings. The van der Waals surface area contributed by atoms with Gasteiger partial charge in [0, 0.05) is 19.2 Å². The van der Waals surface area contributed by atoms with E-state index in [0.29, 0.717) is 5.82 Å². The van der Waals surface area contributed by atoms with Crippen LogP contribution in [0.25, 0.3) is 0 Å². The number of nitrogens with one attached hydrogen (secondary N) is 1. The Kier molecular flexibility index (Phi) is 5.32. The third-order valence-corrected chi connectivity index (χ3v) is 2.13. The van der Waals surface area contributed by atoms with Crippen molar-refractivity contribution in [2.75, 3.05) is 13.1 Å². The van der Waals surface area contributed by atoms with Crippen LogP contribution in [0.1, 0.15) is 26.7 Å². The average molecular weight is 221 g/mol. The fourth-order valence-electron chi connectivity index (χ4n) is 1.46. The summed E-state index contributed by atoms with van der Waals surface area (Å²) in [5, 5.41) is 0. The van der Waals surface area contributed by atoms with Crippen LogP contribution < -0.4 is 5.56 Å². The second kappa shape index (κ2) is 6.82. The van der Waals surface area contributed by atoms with E-state index in [1.807, 2.05) is 0 Å². The second-order valence-electron chi connectivity index (χ2n) is 3.68. The predicted octanol–water partition coefficient (Wildman–Crippen LogP) is 2.16. The molecule has 1 N–H and O–H groups in total. The molecule has 0 spiro atoms. The highest BCUT2D eigenvalue weighted by Crippen LogP contribution is 2.02. The zero-order valence-corrected chi connectivity index (χ0v) is 9.94. The molecule has 0 bridgehead atoms. The molecule has 0 aromatic carbocycles. The van der Waals surface area contributed by atoms with Crippen LogP contribution in [0.4, 0.5) is 5.82 Å². The molecule has 0 saturated carbocycles. The maximum absolute atomic E-state index is 11.0. The van der Waals surface area contributed by atoms with E-state index in [9.17, 15) is 4.79 Å². The Morgan fingerprint density at radius 3 is 2.56 bits per heavy atom. The summed E-state index contributed by atoms with van der Waals surface area (Å²) in [5.74, 6) is 0.602. The maximum atomic E-state index is 11.0. The van der Waals surface area contributed by atoms with E-state index >= 15 is 0 Å². The molecule has 0 amide bonds. The van der Waals surface area contributed by atoms with Crippen LogP contribution in [-0.4, -0.2) is 29.3 Å². The van der Waals surface area contributed by atoms with E-state index in [4.69, 9.17) is 0 Å². The number of hydrogen-bond acceptors (Lipinski definition) is 2. The number of H-pyrrole nitrogens is 1. The summed E-state index contributed by atoms with van der Waals surface area (Å²) in [6, 6.07) is 4.97. The monoisotopic (exact) mass is 221 g/mol. The summed E-state index contributed by atoms with van der Waals surface area (Å²) in [5.41, 5.74) is -0.118. The molecule has 0 unspecified atom stereocenters. The fourth-order valence-corrected chi connectivity index (χ4v) is 1.46. The molecule has 16 heavy (non-hydrogen) atoms. The number of aliphatic imine (C=N–C) groups is 1. The SMILES string of the molecule is CCCN(/C=N/c1cccc(=O)[nH]1)CCC. The largest absolute Gasteiger partial charge is 0.363 e. The van der Waals surface area contributed by atoms with Gasteiger partial charge in [0.05, 0.1) is 6.34 Å². The summed E-state index contributed by atoms with van der Waals surface area (Å²) < 4.78 is 0. The van der Waals surface area contributed by atoms with Crippen LogP contribution in [0.15, 0.2) is 28.0 Å². The van der Waals surface area contributed by atoms with Crippen molar-refractivity contribution in [2.24, 2.45) is 4.99 Å². The minimum absolute atomic E-state index is 0.118. The zero-order chi connectivity index (χ0) is 11.8. The molecule has 1 heterocycles. The first-order valence-corrected chi connectivity index (χ1v) is 5.73. The van der Waals surface area contributed by atoms with Gasteiger partial charge < -0.3 is 9.88 Å². The smallest absolute Gasteiger partial charge is 0.249 e. The third kappa shape index (κ3) is 4.29. The quantitative estimate of drug-likeness (QED) is 0.591. The first-order chi connectivity index (χ1) is 7.76. The van der Waals surface area contributed by atoms with Crippen molar-refractivity contribution in [3.63, 3.8) is 0 Å². The topological polar surface area (TPSA) is 48.5 Å². The Morgan fingerprint density at radius 2 is 2.00 bits per heavy atom. The summed E-state index contributed by atoms with van der Waals surface area (Å²) in [6.45, 7) is 6.27. The van der Waals surface area contributed by atoms with E-state index in [1.54, 1.807) is 18.5 Å². The molecule has 0 atom stereocenters. The first kappa shape index (κ1) is 12.5. The number of hydrogen-bond donors (Lipinski definition) is 1. The Morgan fingerprint density at radius 1 is 1.31 bits per heavy atom. The van der Waals surface area contributed by atoms with Gasteiger partial charge in [-0.15, -0.1) is 0 Å². The average Bonchev–Trinajstić information content (AvgIpc) is 2.27. The molecule has 4 heteroatoms. The van der Waals surface area contributed by atoms with Crippen LogP contribution in [0.5, 0.6) is 0 Å². The lowest BCUT2D eigenvalue weighted by Crippen LogP contribution is -2.23. The Bertz CT molecular complexity index is 378. The number of pyridine rings is 1. The minimum Gasteiger partial charge on any atom is -0.363 e. The standard InChI is InChI=1S/C12H19N3O/c1-3-8-15(9-4-2)10-13-11-6-5-7-12(16)14-11/h5-7,10H,3-4,8-9H2,1-2H3,(H,14,16)/b13-10+. The van der Waals surface area contributed by atoms with Gasteiger partial charge in [-0.2, -0.15) is 0 Å². The second-order valence-corrected chi connectivity index (χ2v) is 3.68. The van der Waals surface area contributed by atoms with E-state index in [1.165, 1.54) is 6.07 Å². The lowest BCUT2D eigenvalue weighted by atomic mass is 10.4. The molecule has 0 aliphatic rings. The number of rotatable bonds is 6. The van der Waals surface area contributed by atoms with Crippen molar-refractivity contribution in [3.05, 3.63) is 28.6 Å². The summed E-state index contributed by atoms with van der Waals surface area (Å²) in [6.07, 6.45) is 3.99. The highest BCUT2D eigenvalue weighted by Gasteiger charge is 1.96. The molecular weight excluding hydrogens is 202 g/mol. The van der Waals surface area contributed by atoms with Gasteiger partial charge in [0.2, 0.25) is 5.56 Å². The minimum atomic E-state index is -0.118. The van der Waals surface area contributed by atoms with Gasteiger partial charge in [0.15, 0.2) is 0 Å². The summed E-state index contributed by atoms with van der Waals surface area (Å²) >= 11 is 0. The summed E-state index contributed by atoms with van der Waals surface area (Å²) in [4.78, 5) is 20.1. The Labute approximate surface area is 96.0 Å². The Hall–Kier alpha value is -1.58. The number of aromatic nitrogens is 1. The van der Waals surface area contributed by atoms with Gasteiger partial charge in [0.1, 0.15) is 5.82 Å². The van der Waals surface area contributed by atoms with Crippen molar-refractivity contribution in [1.29, 1.82) is 0 Å².